The number of rotatable bonds is 0. The number of carbonyl (C=O) groups is 1. The minimum Gasteiger partial charge on any atom is -0.357 e. The molecule has 4 rings (SSSR count). The second-order valence-electron chi connectivity index (χ2n) is 5.52. The minimum atomic E-state index is -0.592. The number of hydrogen-bond acceptors (Lipinski definition) is 1. The monoisotopic (exact) mass is 271 g/mol. The lowest BCUT2D eigenvalue weighted by Gasteiger charge is -2.32. The highest BCUT2D eigenvalue weighted by Crippen LogP contribution is 2.54. The first-order chi connectivity index (χ1) is 10.1. The summed E-state index contributed by atoms with van der Waals surface area (Å²) in [6, 6.07) is 8.23. The molecule has 1 amide bonds. The smallest absolute Gasteiger partial charge is 0.219 e. The molecule has 0 radical (unpaired) electrons. The number of nitrogens with one attached hydrogen (secondary N) is 1. The van der Waals surface area contributed by atoms with E-state index in [1.165, 1.54) is 10.9 Å². The van der Waals surface area contributed by atoms with E-state index in [0.29, 0.717) is 6.54 Å². The van der Waals surface area contributed by atoms with Gasteiger partial charge in [0, 0.05) is 35.5 Å². The molecule has 2 heterocycles. The molecule has 1 saturated carbocycles. The van der Waals surface area contributed by atoms with Gasteiger partial charge >= 0.3 is 0 Å². The van der Waals surface area contributed by atoms with Gasteiger partial charge in [-0.25, -0.2) is 0 Å². The summed E-state index contributed by atoms with van der Waals surface area (Å²) in [5.74, 6) is -0.00409. The topological polar surface area (TPSA) is 36.1 Å². The van der Waals surface area contributed by atoms with Crippen LogP contribution < -0.4 is 0 Å². The molecule has 1 aromatic carbocycles. The van der Waals surface area contributed by atoms with Crippen molar-refractivity contribution in [3.05, 3.63) is 35.5 Å². The van der Waals surface area contributed by atoms with Gasteiger partial charge < -0.3 is 9.88 Å². The van der Waals surface area contributed by atoms with Crippen molar-refractivity contribution in [2.24, 2.45) is 0 Å². The quantitative estimate of drug-likeness (QED) is 0.781. The van der Waals surface area contributed by atoms with E-state index >= 15 is 0 Å². The van der Waals surface area contributed by atoms with Crippen molar-refractivity contribution in [1.82, 2.24) is 9.88 Å². The van der Waals surface area contributed by atoms with Crippen LogP contribution in [0.25, 0.3) is 10.9 Å². The van der Waals surface area contributed by atoms with Crippen LogP contribution in [0.15, 0.2) is 24.3 Å². The van der Waals surface area contributed by atoms with E-state index in [-0.39, 0.29) is 11.3 Å². The van der Waals surface area contributed by atoms with E-state index in [4.69, 9.17) is 1.37 Å². The molecular formula is C17H22N2O. The third kappa shape index (κ3) is 1.84. The molecule has 106 valence electrons. The van der Waals surface area contributed by atoms with Gasteiger partial charge in [0.2, 0.25) is 5.91 Å². The largest absolute Gasteiger partial charge is 0.357 e. The highest BCUT2D eigenvalue weighted by molar-refractivity contribution is 5.87. The van der Waals surface area contributed by atoms with Crippen LogP contribution >= 0.6 is 0 Å². The van der Waals surface area contributed by atoms with Crippen LogP contribution in [0.2, 0.25) is 0 Å². The molecule has 1 N–H and O–H groups in total. The fourth-order valence-corrected chi connectivity index (χ4v) is 3.20. The maximum atomic E-state index is 11.7. The first-order valence-corrected chi connectivity index (χ1v) is 7.43. The van der Waals surface area contributed by atoms with Crippen LogP contribution in [0.5, 0.6) is 0 Å². The molecule has 0 bridgehead atoms. The molecule has 0 saturated heterocycles. The van der Waals surface area contributed by atoms with Crippen LogP contribution in [0.1, 0.15) is 46.2 Å². The molecule has 20 heavy (non-hydrogen) atoms. The van der Waals surface area contributed by atoms with Crippen LogP contribution in [0, 0.1) is 0 Å². The molecule has 0 unspecified atom stereocenters. The van der Waals surface area contributed by atoms with Gasteiger partial charge in [0.05, 0.1) is 7.89 Å². The predicted molar refractivity (Wildman–Crippen MR) is 81.6 cm³/mol. The molecule has 2 aliphatic rings. The van der Waals surface area contributed by atoms with E-state index in [0.717, 1.165) is 24.1 Å². The SMILES string of the molecule is CC.[2H][C@H]1c2[nH]c3ccccc3c2C2(CC2)CN1C(C)=O. The molecule has 1 atom stereocenters. The summed E-state index contributed by atoms with van der Waals surface area (Å²) in [5.41, 5.74) is 3.40. The maximum absolute atomic E-state index is 11.7. The average Bonchev–Trinajstić information content (AvgIpc) is 3.15. The first kappa shape index (κ1) is 12.0. The summed E-state index contributed by atoms with van der Waals surface area (Å²) >= 11 is 0. The summed E-state index contributed by atoms with van der Waals surface area (Å²) in [7, 11) is 0. The molecule has 1 aromatic heterocycles. The Morgan fingerprint density at radius 1 is 1.35 bits per heavy atom. The number of benzene rings is 1. The number of nitrogens with zero attached hydrogens (tertiary/aromatic N) is 1. The first-order valence-electron chi connectivity index (χ1n) is 8.01. The average molecular weight is 271 g/mol. The lowest BCUT2D eigenvalue weighted by atomic mass is 9.89. The predicted octanol–water partition coefficient (Wildman–Crippen LogP) is 3.59. The molecule has 1 aliphatic heterocycles. The molecule has 1 spiro atoms. The Bertz CT molecular complexity index is 687. The number of aromatic nitrogens is 1. The van der Waals surface area contributed by atoms with E-state index in [2.05, 4.69) is 17.1 Å². The molecule has 1 aliphatic carbocycles. The number of H-pyrrole nitrogens is 1. The Hall–Kier alpha value is -1.77. The molecular weight excluding hydrogens is 248 g/mol. The van der Waals surface area contributed by atoms with Gasteiger partial charge in [-0.15, -0.1) is 0 Å². The number of para-hydroxylation sites is 1. The van der Waals surface area contributed by atoms with E-state index in [9.17, 15) is 4.79 Å². The third-order valence-electron chi connectivity index (χ3n) is 4.28. The normalized spacial score (nSPS) is 22.9. The molecule has 3 heteroatoms. The van der Waals surface area contributed by atoms with Gasteiger partial charge in [-0.2, -0.15) is 0 Å². The van der Waals surface area contributed by atoms with E-state index in [1.807, 2.05) is 26.0 Å². The standard InChI is InChI=1S/C15H16N2O.C2H6/c1-10(18)17-8-13-14(15(9-17)6-7-15)11-4-2-3-5-12(11)16-13;1-2/h2-5,16H,6-9H2,1H3;1-2H3/i8D;/t8-;/m0./s1. The number of aromatic amines is 1. The van der Waals surface area contributed by atoms with Gasteiger partial charge in [-0.1, -0.05) is 32.0 Å². The Morgan fingerprint density at radius 2 is 2.05 bits per heavy atom. The van der Waals surface area contributed by atoms with Gasteiger partial charge in [0.25, 0.3) is 0 Å². The summed E-state index contributed by atoms with van der Waals surface area (Å²) in [5, 5.41) is 1.23. The van der Waals surface area contributed by atoms with Crippen LogP contribution in [-0.4, -0.2) is 22.3 Å². The zero-order valence-corrected chi connectivity index (χ0v) is 12.4. The summed E-state index contributed by atoms with van der Waals surface area (Å²) < 4.78 is 8.35. The van der Waals surface area contributed by atoms with Crippen molar-refractivity contribution in [2.75, 3.05) is 6.54 Å². The second kappa shape index (κ2) is 4.65. The van der Waals surface area contributed by atoms with E-state index < -0.39 is 6.52 Å². The van der Waals surface area contributed by atoms with Gasteiger partial charge in [0.15, 0.2) is 0 Å². The van der Waals surface area contributed by atoms with E-state index in [1.54, 1.807) is 11.8 Å². The van der Waals surface area contributed by atoms with Crippen molar-refractivity contribution in [3.8, 4) is 0 Å². The highest BCUT2D eigenvalue weighted by atomic mass is 16.2. The molecule has 2 aromatic rings. The lowest BCUT2D eigenvalue weighted by molar-refractivity contribution is -0.130. The van der Waals surface area contributed by atoms with Gasteiger partial charge in [-0.3, -0.25) is 4.79 Å². The number of hydrogen-bond donors (Lipinski definition) is 1. The maximum Gasteiger partial charge on any atom is 0.219 e. The summed E-state index contributed by atoms with van der Waals surface area (Å²) in [6.45, 7) is 5.67. The lowest BCUT2D eigenvalue weighted by Crippen LogP contribution is -2.40. The number of amides is 1. The zero-order chi connectivity index (χ0) is 15.2. The van der Waals surface area contributed by atoms with Crippen molar-refractivity contribution in [1.29, 1.82) is 0 Å². The fourth-order valence-electron chi connectivity index (χ4n) is 3.20. The Labute approximate surface area is 121 Å². The van der Waals surface area contributed by atoms with Crippen LogP contribution in [-0.2, 0) is 16.7 Å². The minimum absolute atomic E-state index is 0.00409. The molecule has 1 fully saturated rings. The Kier molecular flexibility index (Phi) is 2.79. The molecule has 3 nitrogen and oxygen atoms in total. The van der Waals surface area contributed by atoms with Gasteiger partial charge in [0.1, 0.15) is 0 Å². The highest BCUT2D eigenvalue weighted by Gasteiger charge is 2.51. The van der Waals surface area contributed by atoms with Crippen molar-refractivity contribution >= 4 is 16.8 Å². The van der Waals surface area contributed by atoms with Gasteiger partial charge in [-0.05, 0) is 24.5 Å². The van der Waals surface area contributed by atoms with Crippen molar-refractivity contribution < 1.29 is 6.17 Å². The number of carbonyl (C=O) groups excluding carboxylic acids is 1. The number of fused-ring (bicyclic) bond motifs is 4. The Balaban J connectivity index is 0.000000636. The summed E-state index contributed by atoms with van der Waals surface area (Å²) in [4.78, 5) is 16.8. The zero-order valence-electron chi connectivity index (χ0n) is 13.4. The fraction of sp³-hybridized carbons (Fsp3) is 0.471. The third-order valence-corrected chi connectivity index (χ3v) is 4.28. The van der Waals surface area contributed by atoms with Crippen molar-refractivity contribution in [2.45, 2.75) is 45.5 Å². The van der Waals surface area contributed by atoms with Crippen LogP contribution in [0.4, 0.5) is 0 Å². The Morgan fingerprint density at radius 3 is 2.70 bits per heavy atom. The second-order valence-corrected chi connectivity index (χ2v) is 5.52. The van der Waals surface area contributed by atoms with Crippen molar-refractivity contribution in [3.63, 3.8) is 0 Å². The van der Waals surface area contributed by atoms with Crippen LogP contribution in [0.3, 0.4) is 0 Å². The summed E-state index contributed by atoms with van der Waals surface area (Å²) in [6.07, 6.45) is 2.25.